The van der Waals surface area contributed by atoms with Gasteiger partial charge in [-0.15, -0.1) is 5.10 Å². The Morgan fingerprint density at radius 1 is 1.19 bits per heavy atom. The minimum absolute atomic E-state index is 0.0281. The van der Waals surface area contributed by atoms with Crippen LogP contribution in [-0.2, 0) is 0 Å². The molecule has 0 aliphatic heterocycles. The molecule has 3 heterocycles. The van der Waals surface area contributed by atoms with E-state index >= 15 is 0 Å². The quantitative estimate of drug-likeness (QED) is 0.509. The molecule has 0 bridgehead atoms. The zero-order chi connectivity index (χ0) is 18.2. The van der Waals surface area contributed by atoms with E-state index < -0.39 is 0 Å². The molecular formula is C19H17N7O. The van der Waals surface area contributed by atoms with Crippen molar-refractivity contribution in [1.82, 2.24) is 30.1 Å². The first-order valence-corrected chi connectivity index (χ1v) is 8.79. The summed E-state index contributed by atoms with van der Waals surface area (Å²) in [5, 5.41) is 17.4. The summed E-state index contributed by atoms with van der Waals surface area (Å²) < 4.78 is 1.72. The number of aromatic amines is 1. The molecule has 0 atom stereocenters. The Morgan fingerprint density at radius 2 is 2.04 bits per heavy atom. The molecule has 0 radical (unpaired) electrons. The van der Waals surface area contributed by atoms with E-state index in [0.717, 1.165) is 35.3 Å². The standard InChI is InChI=1S/C19H17N7O/c27-18(22-14-7-8-14)12-3-5-15(6-4-12)23-19-24-17-16(13-10-20-21-11-13)2-1-9-26(17)25-19/h1-6,9-11,14H,7-8H2,(H,20,21)(H,22,27)(H,23,25). The van der Waals surface area contributed by atoms with Crippen LogP contribution in [0, 0.1) is 0 Å². The van der Waals surface area contributed by atoms with Gasteiger partial charge in [-0.05, 0) is 49.2 Å². The summed E-state index contributed by atoms with van der Waals surface area (Å²) in [4.78, 5) is 16.7. The molecule has 1 fully saturated rings. The zero-order valence-electron chi connectivity index (χ0n) is 14.4. The van der Waals surface area contributed by atoms with Crippen LogP contribution in [-0.4, -0.2) is 36.7 Å². The van der Waals surface area contributed by atoms with Gasteiger partial charge in [0.2, 0.25) is 5.95 Å². The van der Waals surface area contributed by atoms with Gasteiger partial charge < -0.3 is 10.6 Å². The Balaban J connectivity index is 1.38. The Hall–Kier alpha value is -3.68. The fourth-order valence-electron chi connectivity index (χ4n) is 2.91. The lowest BCUT2D eigenvalue weighted by molar-refractivity contribution is 0.0951. The van der Waals surface area contributed by atoms with Gasteiger partial charge in [0.25, 0.3) is 5.91 Å². The monoisotopic (exact) mass is 359 g/mol. The number of hydrogen-bond donors (Lipinski definition) is 3. The van der Waals surface area contributed by atoms with Crippen LogP contribution < -0.4 is 10.6 Å². The molecule has 1 aliphatic rings. The number of fused-ring (bicyclic) bond motifs is 1. The van der Waals surface area contributed by atoms with Crippen molar-refractivity contribution in [1.29, 1.82) is 0 Å². The Morgan fingerprint density at radius 3 is 2.78 bits per heavy atom. The minimum Gasteiger partial charge on any atom is -0.349 e. The van der Waals surface area contributed by atoms with Crippen LogP contribution in [0.4, 0.5) is 11.6 Å². The van der Waals surface area contributed by atoms with Crippen molar-refractivity contribution in [2.24, 2.45) is 0 Å². The molecule has 3 aromatic heterocycles. The molecule has 27 heavy (non-hydrogen) atoms. The van der Waals surface area contributed by atoms with E-state index in [0.29, 0.717) is 17.6 Å². The Bertz CT molecular complexity index is 1100. The highest BCUT2D eigenvalue weighted by Crippen LogP contribution is 2.24. The minimum atomic E-state index is -0.0281. The number of rotatable bonds is 5. The summed E-state index contributed by atoms with van der Waals surface area (Å²) in [6.45, 7) is 0. The molecule has 8 nitrogen and oxygen atoms in total. The number of aromatic nitrogens is 5. The van der Waals surface area contributed by atoms with Gasteiger partial charge in [-0.2, -0.15) is 10.1 Å². The number of nitrogens with zero attached hydrogens (tertiary/aromatic N) is 4. The number of hydrogen-bond acceptors (Lipinski definition) is 5. The molecule has 8 heteroatoms. The summed E-state index contributed by atoms with van der Waals surface area (Å²) >= 11 is 0. The summed E-state index contributed by atoms with van der Waals surface area (Å²) in [6.07, 6.45) is 7.57. The first kappa shape index (κ1) is 15.6. The van der Waals surface area contributed by atoms with Crippen molar-refractivity contribution in [2.45, 2.75) is 18.9 Å². The molecule has 1 aromatic carbocycles. The lowest BCUT2D eigenvalue weighted by Gasteiger charge is -2.05. The van der Waals surface area contributed by atoms with E-state index in [1.165, 1.54) is 0 Å². The first-order valence-electron chi connectivity index (χ1n) is 8.79. The molecule has 5 rings (SSSR count). The van der Waals surface area contributed by atoms with Crippen molar-refractivity contribution < 1.29 is 4.79 Å². The van der Waals surface area contributed by atoms with Crippen molar-refractivity contribution in [2.75, 3.05) is 5.32 Å². The van der Waals surface area contributed by atoms with Crippen LogP contribution in [0.1, 0.15) is 23.2 Å². The van der Waals surface area contributed by atoms with Crippen LogP contribution in [0.3, 0.4) is 0 Å². The third-order valence-electron chi connectivity index (χ3n) is 4.49. The van der Waals surface area contributed by atoms with Crippen molar-refractivity contribution in [3.8, 4) is 11.1 Å². The molecule has 1 aliphatic carbocycles. The van der Waals surface area contributed by atoms with E-state index in [4.69, 9.17) is 0 Å². The summed E-state index contributed by atoms with van der Waals surface area (Å²) in [5.41, 5.74) is 4.10. The van der Waals surface area contributed by atoms with Crippen LogP contribution in [0.5, 0.6) is 0 Å². The molecule has 3 N–H and O–H groups in total. The van der Waals surface area contributed by atoms with Crippen LogP contribution in [0.25, 0.3) is 16.8 Å². The van der Waals surface area contributed by atoms with Crippen LogP contribution >= 0.6 is 0 Å². The maximum Gasteiger partial charge on any atom is 0.251 e. The largest absolute Gasteiger partial charge is 0.349 e. The normalized spacial score (nSPS) is 13.6. The van der Waals surface area contributed by atoms with E-state index in [1.807, 2.05) is 36.7 Å². The highest BCUT2D eigenvalue weighted by atomic mass is 16.1. The SMILES string of the molecule is O=C(NC1CC1)c1ccc(Nc2nc3c(-c4cn[nH]c4)cccn3n2)cc1. The molecule has 134 valence electrons. The van der Waals surface area contributed by atoms with E-state index in [1.54, 1.807) is 22.8 Å². The molecular weight excluding hydrogens is 342 g/mol. The van der Waals surface area contributed by atoms with Gasteiger partial charge in [0, 0.05) is 40.8 Å². The summed E-state index contributed by atoms with van der Waals surface area (Å²) in [5.74, 6) is 0.459. The number of H-pyrrole nitrogens is 1. The number of anilines is 2. The maximum atomic E-state index is 12.1. The Kier molecular flexibility index (Phi) is 3.60. The van der Waals surface area contributed by atoms with Gasteiger partial charge >= 0.3 is 0 Å². The average molecular weight is 359 g/mol. The third-order valence-corrected chi connectivity index (χ3v) is 4.49. The van der Waals surface area contributed by atoms with Crippen LogP contribution in [0.2, 0.25) is 0 Å². The summed E-state index contributed by atoms with van der Waals surface area (Å²) in [7, 11) is 0. The summed E-state index contributed by atoms with van der Waals surface area (Å²) in [6, 6.07) is 11.5. The third kappa shape index (κ3) is 3.12. The molecule has 0 unspecified atom stereocenters. The van der Waals surface area contributed by atoms with Gasteiger partial charge in [0.15, 0.2) is 5.65 Å². The van der Waals surface area contributed by atoms with Gasteiger partial charge in [0.1, 0.15) is 0 Å². The number of carbonyl (C=O) groups excluding carboxylic acids is 1. The van der Waals surface area contributed by atoms with E-state index in [2.05, 4.69) is 30.9 Å². The van der Waals surface area contributed by atoms with Gasteiger partial charge in [-0.1, -0.05) is 0 Å². The molecule has 1 saturated carbocycles. The molecule has 4 aromatic rings. The fourth-order valence-corrected chi connectivity index (χ4v) is 2.91. The second kappa shape index (κ2) is 6.24. The second-order valence-corrected chi connectivity index (χ2v) is 6.56. The first-order chi connectivity index (χ1) is 13.3. The topological polar surface area (TPSA) is 100 Å². The van der Waals surface area contributed by atoms with Crippen molar-refractivity contribution in [3.05, 3.63) is 60.6 Å². The van der Waals surface area contributed by atoms with Gasteiger partial charge in [-0.3, -0.25) is 9.89 Å². The number of amides is 1. The lowest BCUT2D eigenvalue weighted by Crippen LogP contribution is -2.25. The number of pyridine rings is 1. The molecule has 0 saturated heterocycles. The maximum absolute atomic E-state index is 12.1. The van der Waals surface area contributed by atoms with E-state index in [-0.39, 0.29) is 5.91 Å². The Labute approximate surface area is 154 Å². The smallest absolute Gasteiger partial charge is 0.251 e. The van der Waals surface area contributed by atoms with Gasteiger partial charge in [-0.25, -0.2) is 4.52 Å². The number of nitrogens with one attached hydrogen (secondary N) is 3. The van der Waals surface area contributed by atoms with Crippen molar-refractivity contribution in [3.63, 3.8) is 0 Å². The predicted molar refractivity (Wildman–Crippen MR) is 101 cm³/mol. The van der Waals surface area contributed by atoms with Gasteiger partial charge in [0.05, 0.1) is 6.20 Å². The lowest BCUT2D eigenvalue weighted by atomic mass is 10.1. The fraction of sp³-hybridized carbons (Fsp3) is 0.158. The number of carbonyl (C=O) groups is 1. The number of benzene rings is 1. The molecule has 1 amide bonds. The second-order valence-electron chi connectivity index (χ2n) is 6.56. The highest BCUT2D eigenvalue weighted by molar-refractivity contribution is 5.95. The molecule has 0 spiro atoms. The predicted octanol–water partition coefficient (Wildman–Crippen LogP) is 2.76. The van der Waals surface area contributed by atoms with E-state index in [9.17, 15) is 4.79 Å². The van der Waals surface area contributed by atoms with Crippen molar-refractivity contribution >= 4 is 23.2 Å². The zero-order valence-corrected chi connectivity index (χ0v) is 14.4. The van der Waals surface area contributed by atoms with Crippen LogP contribution in [0.15, 0.2) is 55.0 Å². The average Bonchev–Trinajstić information content (AvgIpc) is 3.17. The highest BCUT2D eigenvalue weighted by Gasteiger charge is 2.23.